The molecule has 3 aliphatic heterocycles. The minimum absolute atomic E-state index is 0.111. The second kappa shape index (κ2) is 17.1. The summed E-state index contributed by atoms with van der Waals surface area (Å²) < 4.78 is 9.59. The number of likely N-dealkylation sites (tertiary alicyclic amines) is 2. The highest BCUT2D eigenvalue weighted by Crippen LogP contribution is 2.58. The van der Waals surface area contributed by atoms with Crippen LogP contribution in [-0.2, 0) is 19.1 Å². The predicted molar refractivity (Wildman–Crippen MR) is 235 cm³/mol. The molecule has 14 heteroatoms. The van der Waals surface area contributed by atoms with Gasteiger partial charge >= 0.3 is 12.2 Å². The summed E-state index contributed by atoms with van der Waals surface area (Å²) >= 11 is 0. The Morgan fingerprint density at radius 2 is 1.39 bits per heavy atom. The average Bonchev–Trinajstić information content (AvgIpc) is 3.78. The van der Waals surface area contributed by atoms with Crippen LogP contribution in [0.4, 0.5) is 9.59 Å². The van der Waals surface area contributed by atoms with Crippen LogP contribution in [0, 0.1) is 34.5 Å². The van der Waals surface area contributed by atoms with Crippen LogP contribution in [-0.4, -0.2) is 94.9 Å². The number of imidazole rings is 1. The van der Waals surface area contributed by atoms with Crippen LogP contribution in [0.25, 0.3) is 38.7 Å². The molecule has 3 aromatic carbocycles. The minimum atomic E-state index is -0.780. The van der Waals surface area contributed by atoms with Gasteiger partial charge in [0.05, 0.1) is 50.2 Å². The molecule has 3 fully saturated rings. The summed E-state index contributed by atoms with van der Waals surface area (Å²) in [5.41, 5.74) is 7.05. The van der Waals surface area contributed by atoms with Crippen LogP contribution in [0.15, 0.2) is 78.1 Å². The fourth-order valence-electron chi connectivity index (χ4n) is 9.27. The van der Waals surface area contributed by atoms with Crippen LogP contribution >= 0.6 is 0 Å². The predicted octanol–water partition coefficient (Wildman–Crippen LogP) is 7.64. The number of nitrogens with one attached hydrogen (secondary N) is 3. The van der Waals surface area contributed by atoms with Gasteiger partial charge in [0.25, 0.3) is 0 Å². The Labute approximate surface area is 361 Å². The number of benzene rings is 3. The molecule has 62 heavy (non-hydrogen) atoms. The zero-order chi connectivity index (χ0) is 43.9. The lowest BCUT2D eigenvalue weighted by Crippen LogP contribution is -2.53. The number of aromatic amines is 1. The third kappa shape index (κ3) is 8.40. The molecule has 4 aliphatic rings. The first-order valence-electron chi connectivity index (χ1n) is 21.5. The Bertz CT molecular complexity index is 2500. The van der Waals surface area contributed by atoms with Crippen molar-refractivity contribution >= 4 is 46.1 Å². The molecule has 4 aromatic rings. The molecule has 3 N–H and O–H groups in total. The van der Waals surface area contributed by atoms with Gasteiger partial charge in [-0.15, -0.1) is 0 Å². The lowest BCUT2D eigenvalue weighted by molar-refractivity contribution is -0.136. The van der Waals surface area contributed by atoms with E-state index in [0.717, 1.165) is 75.1 Å². The van der Waals surface area contributed by atoms with Crippen molar-refractivity contribution in [3.05, 3.63) is 84.4 Å². The molecular weight excluding hydrogens is 785 g/mol. The van der Waals surface area contributed by atoms with Crippen molar-refractivity contribution in [1.82, 2.24) is 30.4 Å². The van der Waals surface area contributed by atoms with Crippen molar-refractivity contribution in [2.75, 3.05) is 27.3 Å². The standard InChI is InChI=1S/C48H54N8O6/c1-27(2)41(53-46(59)61-5)44(57)55-25-29(22-49)17-39(55)37-20-36(23-50-37)31-9-7-30(8-10-31)32-11-12-34-19-35(14-13-33(34)18-32)38-24-51-43(52-38)40-21-48(15-16-48)26-56(40)45(58)42(28(3)4)54-47(60)62-6/h7-14,18-19,23-24,27-29,39-42H,15-17,20-21,25-26H2,1-6H3,(H,51,52)(H,53,59)(H,54,60)/t29-,39+,40+,41+,42+/m1/s1. The number of fused-ring (bicyclic) bond motifs is 1. The first-order chi connectivity index (χ1) is 29.8. The first-order valence-corrected chi connectivity index (χ1v) is 21.5. The van der Waals surface area contributed by atoms with Gasteiger partial charge in [0.1, 0.15) is 17.9 Å². The van der Waals surface area contributed by atoms with E-state index in [1.165, 1.54) is 14.2 Å². The number of carbonyl (C=O) groups is 4. The topological polar surface area (TPSA) is 182 Å². The molecule has 4 heterocycles. The number of nitriles is 1. The lowest BCUT2D eigenvalue weighted by atomic mass is 9.94. The molecule has 14 nitrogen and oxygen atoms in total. The largest absolute Gasteiger partial charge is 0.453 e. The molecular formula is C48H54N8O6. The summed E-state index contributed by atoms with van der Waals surface area (Å²) in [6.07, 6.45) is 6.47. The number of methoxy groups -OCH3 is 2. The molecule has 0 unspecified atom stereocenters. The van der Waals surface area contributed by atoms with Crippen molar-refractivity contribution in [1.29, 1.82) is 5.26 Å². The second-order valence-corrected chi connectivity index (χ2v) is 18.0. The van der Waals surface area contributed by atoms with E-state index in [4.69, 9.17) is 19.5 Å². The zero-order valence-electron chi connectivity index (χ0n) is 36.1. The molecule has 1 aromatic heterocycles. The Morgan fingerprint density at radius 1 is 0.806 bits per heavy atom. The fourth-order valence-corrected chi connectivity index (χ4v) is 9.27. The number of aliphatic imine (C=N–C) groups is 1. The highest BCUT2D eigenvalue weighted by molar-refractivity contribution is 6.04. The van der Waals surface area contributed by atoms with Crippen molar-refractivity contribution in [3.63, 3.8) is 0 Å². The third-order valence-electron chi connectivity index (χ3n) is 13.1. The Morgan fingerprint density at radius 3 is 1.98 bits per heavy atom. The highest BCUT2D eigenvalue weighted by atomic mass is 16.5. The van der Waals surface area contributed by atoms with E-state index in [2.05, 4.69) is 82.4 Å². The van der Waals surface area contributed by atoms with Crippen LogP contribution < -0.4 is 10.6 Å². The van der Waals surface area contributed by atoms with Crippen molar-refractivity contribution in [2.45, 2.75) is 84.0 Å². The molecule has 5 atom stereocenters. The summed E-state index contributed by atoms with van der Waals surface area (Å²) in [5, 5.41) is 17.4. The van der Waals surface area contributed by atoms with Gasteiger partial charge in [-0.2, -0.15) is 5.26 Å². The van der Waals surface area contributed by atoms with Gasteiger partial charge < -0.3 is 34.9 Å². The highest BCUT2D eigenvalue weighted by Gasteiger charge is 2.55. The van der Waals surface area contributed by atoms with Crippen molar-refractivity contribution < 1.29 is 28.7 Å². The third-order valence-corrected chi connectivity index (χ3v) is 13.1. The zero-order valence-corrected chi connectivity index (χ0v) is 36.1. The number of aromatic nitrogens is 2. The number of nitrogens with zero attached hydrogens (tertiary/aromatic N) is 5. The van der Waals surface area contributed by atoms with E-state index in [1.807, 2.05) is 45.0 Å². The smallest absolute Gasteiger partial charge is 0.407 e. The molecule has 2 saturated heterocycles. The number of allylic oxidation sites excluding steroid dienone is 1. The second-order valence-electron chi connectivity index (χ2n) is 18.0. The van der Waals surface area contributed by atoms with Crippen molar-refractivity contribution in [2.24, 2.45) is 28.2 Å². The summed E-state index contributed by atoms with van der Waals surface area (Å²) in [7, 11) is 2.57. The summed E-state index contributed by atoms with van der Waals surface area (Å²) in [5.74, 6) is -0.212. The van der Waals surface area contributed by atoms with E-state index < -0.39 is 24.3 Å². The molecule has 0 bridgehead atoms. The van der Waals surface area contributed by atoms with Crippen molar-refractivity contribution in [3.8, 4) is 28.5 Å². The number of H-pyrrole nitrogens is 1. The van der Waals surface area contributed by atoms with Gasteiger partial charge in [0.15, 0.2) is 0 Å². The minimum Gasteiger partial charge on any atom is -0.453 e. The maximum absolute atomic E-state index is 13.9. The number of carbonyl (C=O) groups excluding carboxylic acids is 4. The average molecular weight is 839 g/mol. The number of alkyl carbamates (subject to hydrolysis) is 2. The van der Waals surface area contributed by atoms with E-state index in [0.29, 0.717) is 19.4 Å². The van der Waals surface area contributed by atoms with E-state index in [-0.39, 0.29) is 53.6 Å². The fraction of sp³-hybridized carbons (Fsp3) is 0.438. The molecule has 1 spiro atoms. The van der Waals surface area contributed by atoms with Crippen LogP contribution in [0.5, 0.6) is 0 Å². The lowest BCUT2D eigenvalue weighted by Gasteiger charge is -2.31. The van der Waals surface area contributed by atoms with Gasteiger partial charge in [-0.25, -0.2) is 14.6 Å². The van der Waals surface area contributed by atoms with E-state index in [1.54, 1.807) is 4.90 Å². The molecule has 4 amide bonds. The molecule has 1 aliphatic carbocycles. The van der Waals surface area contributed by atoms with Gasteiger partial charge in [0, 0.05) is 37.0 Å². The Kier molecular flexibility index (Phi) is 11.6. The van der Waals surface area contributed by atoms with E-state index in [9.17, 15) is 24.4 Å². The quantitative estimate of drug-likeness (QED) is 0.138. The van der Waals surface area contributed by atoms with E-state index >= 15 is 0 Å². The molecule has 8 rings (SSSR count). The van der Waals surface area contributed by atoms with Gasteiger partial charge in [-0.1, -0.05) is 76.2 Å². The van der Waals surface area contributed by atoms with Crippen LogP contribution in [0.3, 0.4) is 0 Å². The van der Waals surface area contributed by atoms with Gasteiger partial charge in [-0.05, 0) is 88.1 Å². The number of hydrogen-bond acceptors (Lipinski definition) is 9. The maximum Gasteiger partial charge on any atom is 0.407 e. The SMILES string of the molecule is COC(=O)N[C@H](C(=O)N1C[C@@H](C#N)C[C@H]1C1=NC=C(c2ccc(-c3ccc4cc(-c5cnc([C@@H]6CC7(CC7)CN6C(=O)[C@@H](NC(=O)OC)C(C)C)[nH]5)ccc4c3)cc2)C1)C(C)C. The number of rotatable bonds is 11. The van der Waals surface area contributed by atoms with Gasteiger partial charge in [-0.3, -0.25) is 14.6 Å². The molecule has 322 valence electrons. The summed E-state index contributed by atoms with van der Waals surface area (Å²) in [4.78, 5) is 68.5. The normalized spacial score (nSPS) is 21.1. The number of ether oxygens (including phenoxy) is 2. The summed E-state index contributed by atoms with van der Waals surface area (Å²) in [6.45, 7) is 8.51. The molecule has 0 radical (unpaired) electrons. The number of hydrogen-bond donors (Lipinski definition) is 3. The maximum atomic E-state index is 13.9. The number of amides is 4. The van der Waals surface area contributed by atoms with Gasteiger partial charge in [0.2, 0.25) is 11.8 Å². The summed E-state index contributed by atoms with van der Waals surface area (Å²) in [6, 6.07) is 21.5. The monoisotopic (exact) mass is 838 g/mol. The Hall–Kier alpha value is -6.49. The van der Waals surface area contributed by atoms with Crippen LogP contribution in [0.1, 0.15) is 77.2 Å². The Balaban J connectivity index is 0.935. The molecule has 1 saturated carbocycles. The van der Waals surface area contributed by atoms with Crippen LogP contribution in [0.2, 0.25) is 0 Å². The first kappa shape index (κ1) is 42.2.